The summed E-state index contributed by atoms with van der Waals surface area (Å²) < 4.78 is 5.05. The molecule has 0 radical (unpaired) electrons. The van der Waals surface area contributed by atoms with Crippen LogP contribution in [0.2, 0.25) is 0 Å². The van der Waals surface area contributed by atoms with Crippen molar-refractivity contribution >= 4 is 28.7 Å². The topological polar surface area (TPSA) is 160 Å². The van der Waals surface area contributed by atoms with Gasteiger partial charge < -0.3 is 15.4 Å². The number of benzene rings is 2. The molecular weight excluding hydrogens is 370 g/mol. The van der Waals surface area contributed by atoms with Gasteiger partial charge in [0.15, 0.2) is 0 Å². The summed E-state index contributed by atoms with van der Waals surface area (Å²) in [5.41, 5.74) is -0.284. The number of hydrogen-bond acceptors (Lipinski definition) is 8. The molecule has 2 aromatic rings. The van der Waals surface area contributed by atoms with E-state index in [0.29, 0.717) is 5.69 Å². The zero-order valence-corrected chi connectivity index (χ0v) is 14.4. The predicted octanol–water partition coefficient (Wildman–Crippen LogP) is 2.97. The minimum absolute atomic E-state index is 0.141. The Morgan fingerprint density at radius 3 is 2.43 bits per heavy atom. The lowest BCUT2D eigenvalue weighted by molar-refractivity contribution is -0.385. The van der Waals surface area contributed by atoms with E-state index in [4.69, 9.17) is 4.74 Å². The van der Waals surface area contributed by atoms with E-state index in [1.165, 1.54) is 43.5 Å². The minimum Gasteiger partial charge on any atom is -0.494 e. The molecule has 11 heteroatoms. The highest BCUT2D eigenvalue weighted by Crippen LogP contribution is 2.29. The van der Waals surface area contributed by atoms with Crippen molar-refractivity contribution in [3.63, 3.8) is 0 Å². The molecule has 0 atom stereocenters. The van der Waals surface area contributed by atoms with E-state index < -0.39 is 15.8 Å². The number of nitro benzene ring substituents is 2. The van der Waals surface area contributed by atoms with Crippen LogP contribution in [0.15, 0.2) is 54.2 Å². The van der Waals surface area contributed by atoms with Crippen molar-refractivity contribution in [3.8, 4) is 11.8 Å². The lowest BCUT2D eigenvalue weighted by Crippen LogP contribution is -2.14. The Balaban J connectivity index is 2.19. The third-order valence-corrected chi connectivity index (χ3v) is 3.45. The average molecular weight is 383 g/mol. The van der Waals surface area contributed by atoms with Crippen LogP contribution in [0.5, 0.6) is 5.75 Å². The molecule has 0 unspecified atom stereocenters. The number of anilines is 2. The fourth-order valence-corrected chi connectivity index (χ4v) is 2.11. The SMILES string of the molecule is COc1cc([N+](=O)[O-])ccc1N/C=C(/C#N)C(=O)Nc1cccc([N+](=O)[O-])c1. The van der Waals surface area contributed by atoms with Crippen LogP contribution in [0.3, 0.4) is 0 Å². The number of carbonyl (C=O) groups excluding carboxylic acids is 1. The van der Waals surface area contributed by atoms with Crippen LogP contribution in [-0.4, -0.2) is 22.9 Å². The third-order valence-electron chi connectivity index (χ3n) is 3.45. The summed E-state index contributed by atoms with van der Waals surface area (Å²) in [6, 6.07) is 10.7. The van der Waals surface area contributed by atoms with Crippen molar-refractivity contribution in [3.05, 3.63) is 74.5 Å². The van der Waals surface area contributed by atoms with Gasteiger partial charge in [0.25, 0.3) is 17.3 Å². The number of non-ortho nitro benzene ring substituents is 2. The molecular formula is C17H13N5O6. The summed E-state index contributed by atoms with van der Waals surface area (Å²) in [6.07, 6.45) is 1.09. The van der Waals surface area contributed by atoms with Crippen molar-refractivity contribution in [2.24, 2.45) is 0 Å². The van der Waals surface area contributed by atoms with Crippen molar-refractivity contribution < 1.29 is 19.4 Å². The van der Waals surface area contributed by atoms with Crippen molar-refractivity contribution in [1.29, 1.82) is 5.26 Å². The largest absolute Gasteiger partial charge is 0.494 e. The molecule has 0 aromatic heterocycles. The number of nitrogens with zero attached hydrogens (tertiary/aromatic N) is 3. The van der Waals surface area contributed by atoms with Crippen molar-refractivity contribution in [2.45, 2.75) is 0 Å². The van der Waals surface area contributed by atoms with Gasteiger partial charge in [0.2, 0.25) is 0 Å². The van der Waals surface area contributed by atoms with E-state index in [9.17, 15) is 30.3 Å². The molecule has 0 fully saturated rings. The van der Waals surface area contributed by atoms with Gasteiger partial charge in [-0.15, -0.1) is 0 Å². The summed E-state index contributed by atoms with van der Waals surface area (Å²) in [5, 5.41) is 35.8. The number of nitriles is 1. The Bertz CT molecular complexity index is 1010. The average Bonchev–Trinajstić information content (AvgIpc) is 2.68. The lowest BCUT2D eigenvalue weighted by atomic mass is 10.2. The van der Waals surface area contributed by atoms with Crippen molar-refractivity contribution in [1.82, 2.24) is 0 Å². The first-order valence-electron chi connectivity index (χ1n) is 7.60. The maximum Gasteiger partial charge on any atom is 0.273 e. The molecule has 2 aromatic carbocycles. The molecule has 0 spiro atoms. The van der Waals surface area contributed by atoms with Crippen LogP contribution < -0.4 is 15.4 Å². The summed E-state index contributed by atoms with van der Waals surface area (Å²) in [7, 11) is 1.31. The first kappa shape index (κ1) is 19.9. The van der Waals surface area contributed by atoms with Crippen molar-refractivity contribution in [2.75, 3.05) is 17.7 Å². The predicted molar refractivity (Wildman–Crippen MR) is 98.7 cm³/mol. The Kier molecular flexibility index (Phi) is 6.22. The molecule has 2 N–H and O–H groups in total. The van der Waals surface area contributed by atoms with Crippen LogP contribution in [0.1, 0.15) is 0 Å². The first-order valence-corrected chi connectivity index (χ1v) is 7.60. The molecule has 0 aliphatic heterocycles. The van der Waals surface area contributed by atoms with E-state index in [1.54, 1.807) is 6.07 Å². The third kappa shape index (κ3) is 4.79. The Hall–Kier alpha value is -4.46. The van der Waals surface area contributed by atoms with Gasteiger partial charge in [-0.2, -0.15) is 5.26 Å². The van der Waals surface area contributed by atoms with E-state index in [-0.39, 0.29) is 28.4 Å². The highest BCUT2D eigenvalue weighted by molar-refractivity contribution is 6.06. The quantitative estimate of drug-likeness (QED) is 0.319. The molecule has 0 aliphatic carbocycles. The second kappa shape index (κ2) is 8.77. The van der Waals surface area contributed by atoms with Gasteiger partial charge in [0, 0.05) is 30.1 Å². The van der Waals surface area contributed by atoms with Gasteiger partial charge in [0.05, 0.1) is 28.7 Å². The Labute approximate surface area is 158 Å². The number of ether oxygens (including phenoxy) is 1. The number of methoxy groups -OCH3 is 1. The van der Waals surface area contributed by atoms with Gasteiger partial charge in [0.1, 0.15) is 17.4 Å². The summed E-state index contributed by atoms with van der Waals surface area (Å²) >= 11 is 0. The fourth-order valence-electron chi connectivity index (χ4n) is 2.11. The van der Waals surface area contributed by atoms with Crippen LogP contribution in [0.4, 0.5) is 22.7 Å². The summed E-state index contributed by atoms with van der Waals surface area (Å²) in [4.78, 5) is 32.6. The maximum atomic E-state index is 12.2. The number of nitro groups is 2. The van der Waals surface area contributed by atoms with Gasteiger partial charge >= 0.3 is 0 Å². The van der Waals surface area contributed by atoms with Gasteiger partial charge in [-0.05, 0) is 12.1 Å². The van der Waals surface area contributed by atoms with Crippen LogP contribution in [0.25, 0.3) is 0 Å². The number of rotatable bonds is 7. The minimum atomic E-state index is -0.795. The maximum absolute atomic E-state index is 12.2. The molecule has 0 heterocycles. The molecule has 2 rings (SSSR count). The number of amides is 1. The first-order chi connectivity index (χ1) is 13.3. The smallest absolute Gasteiger partial charge is 0.273 e. The number of carbonyl (C=O) groups is 1. The zero-order chi connectivity index (χ0) is 20.7. The standard InChI is InChI=1S/C17H13N5O6/c1-28-16-8-14(22(26)27)5-6-15(16)19-10-11(9-18)17(23)20-12-3-2-4-13(7-12)21(24)25/h2-8,10,19H,1H3,(H,20,23)/b11-10-. The molecule has 142 valence electrons. The zero-order valence-electron chi connectivity index (χ0n) is 14.4. The summed E-state index contributed by atoms with van der Waals surface area (Å²) in [5.74, 6) is -0.654. The van der Waals surface area contributed by atoms with Gasteiger partial charge in [-0.25, -0.2) is 0 Å². The Morgan fingerprint density at radius 1 is 1.14 bits per heavy atom. The molecule has 0 bridgehead atoms. The summed E-state index contributed by atoms with van der Waals surface area (Å²) in [6.45, 7) is 0. The van der Waals surface area contributed by atoms with Crippen LogP contribution in [0, 0.1) is 31.6 Å². The number of nitrogens with one attached hydrogen (secondary N) is 2. The monoisotopic (exact) mass is 383 g/mol. The molecule has 11 nitrogen and oxygen atoms in total. The van der Waals surface area contributed by atoms with E-state index in [1.807, 2.05) is 0 Å². The van der Waals surface area contributed by atoms with Gasteiger partial charge in [-0.1, -0.05) is 6.07 Å². The lowest BCUT2D eigenvalue weighted by Gasteiger charge is -2.09. The normalized spacial score (nSPS) is 10.5. The van der Waals surface area contributed by atoms with E-state index in [2.05, 4.69) is 10.6 Å². The molecule has 1 amide bonds. The molecule has 28 heavy (non-hydrogen) atoms. The van der Waals surface area contributed by atoms with Gasteiger partial charge in [-0.3, -0.25) is 25.0 Å². The van der Waals surface area contributed by atoms with Crippen LogP contribution >= 0.6 is 0 Å². The highest BCUT2D eigenvalue weighted by atomic mass is 16.6. The molecule has 0 aliphatic rings. The molecule has 0 saturated heterocycles. The molecule has 0 saturated carbocycles. The van der Waals surface area contributed by atoms with E-state index >= 15 is 0 Å². The highest BCUT2D eigenvalue weighted by Gasteiger charge is 2.14. The van der Waals surface area contributed by atoms with Crippen LogP contribution in [-0.2, 0) is 4.79 Å². The number of hydrogen-bond donors (Lipinski definition) is 2. The fraction of sp³-hybridized carbons (Fsp3) is 0.0588. The second-order valence-corrected chi connectivity index (χ2v) is 5.22. The van der Waals surface area contributed by atoms with E-state index in [0.717, 1.165) is 12.3 Å². The second-order valence-electron chi connectivity index (χ2n) is 5.22. The Morgan fingerprint density at radius 2 is 1.82 bits per heavy atom.